The lowest BCUT2D eigenvalue weighted by Gasteiger charge is -2.18. The first-order valence-electron chi connectivity index (χ1n) is 10.3. The smallest absolute Gasteiger partial charge is 0.257 e. The Morgan fingerprint density at radius 1 is 1.06 bits per heavy atom. The zero-order chi connectivity index (χ0) is 22.7. The molecule has 0 aliphatic carbocycles. The van der Waals surface area contributed by atoms with E-state index in [0.717, 1.165) is 16.8 Å². The minimum atomic E-state index is -0.369. The van der Waals surface area contributed by atoms with E-state index in [1.807, 2.05) is 47.8 Å². The van der Waals surface area contributed by atoms with Crippen molar-refractivity contribution >= 4 is 22.4 Å². The third-order valence-corrected chi connectivity index (χ3v) is 5.82. The minimum Gasteiger partial charge on any atom is -0.311 e. The second-order valence-electron chi connectivity index (χ2n) is 8.54. The van der Waals surface area contributed by atoms with Crippen LogP contribution in [0.25, 0.3) is 11.4 Å². The number of carbonyl (C=O) groups is 1. The van der Waals surface area contributed by atoms with E-state index in [4.69, 9.17) is 0 Å². The SMILES string of the molecule is CC(C)(C)c1ccnc(-c2csc(NC(=O)c3ccn(Cc4ccccc4)c(=O)c3)n2)c1. The van der Waals surface area contributed by atoms with Gasteiger partial charge in [0.2, 0.25) is 0 Å². The Balaban J connectivity index is 1.48. The fraction of sp³-hybridized carbons (Fsp3) is 0.200. The molecule has 32 heavy (non-hydrogen) atoms. The first-order chi connectivity index (χ1) is 15.3. The van der Waals surface area contributed by atoms with Crippen molar-refractivity contribution in [3.8, 4) is 11.4 Å². The molecule has 4 aromatic rings. The molecule has 0 fully saturated rings. The number of anilines is 1. The summed E-state index contributed by atoms with van der Waals surface area (Å²) in [5, 5.41) is 5.11. The highest BCUT2D eigenvalue weighted by Gasteiger charge is 2.16. The lowest BCUT2D eigenvalue weighted by molar-refractivity contribution is 0.102. The molecule has 0 atom stereocenters. The van der Waals surface area contributed by atoms with Crippen molar-refractivity contribution < 1.29 is 4.79 Å². The third kappa shape index (κ3) is 5.00. The van der Waals surface area contributed by atoms with E-state index in [2.05, 4.69) is 36.1 Å². The highest BCUT2D eigenvalue weighted by molar-refractivity contribution is 7.14. The number of benzene rings is 1. The number of pyridine rings is 2. The van der Waals surface area contributed by atoms with Crippen LogP contribution in [0.5, 0.6) is 0 Å². The highest BCUT2D eigenvalue weighted by Crippen LogP contribution is 2.28. The Morgan fingerprint density at radius 3 is 2.56 bits per heavy atom. The molecule has 1 amide bonds. The number of aromatic nitrogens is 3. The molecule has 0 unspecified atom stereocenters. The number of nitrogens with one attached hydrogen (secondary N) is 1. The second-order valence-corrected chi connectivity index (χ2v) is 9.40. The monoisotopic (exact) mass is 444 g/mol. The summed E-state index contributed by atoms with van der Waals surface area (Å²) in [5.74, 6) is -0.369. The van der Waals surface area contributed by atoms with Crippen LogP contribution in [0.15, 0.2) is 77.2 Å². The summed E-state index contributed by atoms with van der Waals surface area (Å²) in [6.45, 7) is 6.89. The lowest BCUT2D eigenvalue weighted by Crippen LogP contribution is -2.22. The number of amides is 1. The summed E-state index contributed by atoms with van der Waals surface area (Å²) < 4.78 is 1.57. The van der Waals surface area contributed by atoms with E-state index < -0.39 is 0 Å². The fourth-order valence-electron chi connectivity index (χ4n) is 3.21. The van der Waals surface area contributed by atoms with Crippen molar-refractivity contribution in [3.63, 3.8) is 0 Å². The number of carbonyl (C=O) groups excluding carboxylic acids is 1. The van der Waals surface area contributed by atoms with Crippen molar-refractivity contribution in [2.75, 3.05) is 5.32 Å². The molecule has 3 aromatic heterocycles. The highest BCUT2D eigenvalue weighted by atomic mass is 32.1. The molecular formula is C25H24N4O2S. The van der Waals surface area contributed by atoms with Crippen LogP contribution in [0.3, 0.4) is 0 Å². The number of nitrogens with zero attached hydrogens (tertiary/aromatic N) is 3. The van der Waals surface area contributed by atoms with Crippen molar-refractivity contribution in [2.45, 2.75) is 32.7 Å². The lowest BCUT2D eigenvalue weighted by atomic mass is 9.87. The van der Waals surface area contributed by atoms with Gasteiger partial charge >= 0.3 is 0 Å². The van der Waals surface area contributed by atoms with Gasteiger partial charge in [-0.3, -0.25) is 19.9 Å². The summed E-state index contributed by atoms with van der Waals surface area (Å²) in [6, 6.07) is 16.7. The predicted octanol–water partition coefficient (Wildman–Crippen LogP) is 4.96. The van der Waals surface area contributed by atoms with Gasteiger partial charge in [-0.15, -0.1) is 11.3 Å². The molecule has 0 saturated heterocycles. The minimum absolute atomic E-state index is 0.00544. The molecule has 0 aliphatic heterocycles. The van der Waals surface area contributed by atoms with Crippen LogP contribution < -0.4 is 10.9 Å². The molecule has 0 aliphatic rings. The number of thiazole rings is 1. The molecule has 1 N–H and O–H groups in total. The van der Waals surface area contributed by atoms with E-state index in [0.29, 0.717) is 22.9 Å². The van der Waals surface area contributed by atoms with Crippen molar-refractivity contribution in [1.82, 2.24) is 14.5 Å². The number of hydrogen-bond acceptors (Lipinski definition) is 5. The Kier molecular flexibility index (Phi) is 6.01. The van der Waals surface area contributed by atoms with E-state index in [9.17, 15) is 9.59 Å². The average molecular weight is 445 g/mol. The Morgan fingerprint density at radius 2 is 1.84 bits per heavy atom. The maximum atomic E-state index is 12.7. The van der Waals surface area contributed by atoms with Crippen molar-refractivity contribution in [1.29, 1.82) is 0 Å². The van der Waals surface area contributed by atoms with Crippen LogP contribution >= 0.6 is 11.3 Å². The zero-order valence-corrected chi connectivity index (χ0v) is 19.0. The molecule has 0 bridgehead atoms. The van der Waals surface area contributed by atoms with Gasteiger partial charge in [0.1, 0.15) is 5.69 Å². The summed E-state index contributed by atoms with van der Waals surface area (Å²) in [4.78, 5) is 34.0. The van der Waals surface area contributed by atoms with Crippen LogP contribution in [0.1, 0.15) is 42.3 Å². The molecular weight excluding hydrogens is 420 g/mol. The maximum absolute atomic E-state index is 12.7. The van der Waals surface area contributed by atoms with E-state index in [1.165, 1.54) is 17.4 Å². The average Bonchev–Trinajstić information content (AvgIpc) is 3.24. The number of hydrogen-bond donors (Lipinski definition) is 1. The van der Waals surface area contributed by atoms with Gasteiger partial charge in [-0.2, -0.15) is 0 Å². The molecule has 7 heteroatoms. The van der Waals surface area contributed by atoms with E-state index >= 15 is 0 Å². The van der Waals surface area contributed by atoms with Gasteiger partial charge in [-0.05, 0) is 34.7 Å². The predicted molar refractivity (Wildman–Crippen MR) is 128 cm³/mol. The Hall–Kier alpha value is -3.58. The molecule has 0 radical (unpaired) electrons. The van der Waals surface area contributed by atoms with Crippen molar-refractivity contribution in [3.05, 3.63) is 99.4 Å². The van der Waals surface area contributed by atoms with Gasteiger partial charge in [0.05, 0.1) is 12.2 Å². The van der Waals surface area contributed by atoms with Crippen molar-refractivity contribution in [2.24, 2.45) is 0 Å². The summed E-state index contributed by atoms with van der Waals surface area (Å²) in [5.41, 5.74) is 3.72. The van der Waals surface area contributed by atoms with Crippen LogP contribution in [0.2, 0.25) is 0 Å². The van der Waals surface area contributed by atoms with E-state index in [-0.39, 0.29) is 16.9 Å². The second kappa shape index (κ2) is 8.88. The molecule has 6 nitrogen and oxygen atoms in total. The molecule has 3 heterocycles. The summed E-state index contributed by atoms with van der Waals surface area (Å²) in [7, 11) is 0. The Labute approximate surface area is 190 Å². The van der Waals surface area contributed by atoms with Gasteiger partial charge in [-0.25, -0.2) is 4.98 Å². The van der Waals surface area contributed by atoms with Gasteiger partial charge in [0.15, 0.2) is 5.13 Å². The summed E-state index contributed by atoms with van der Waals surface area (Å²) in [6.07, 6.45) is 3.41. The topological polar surface area (TPSA) is 76.9 Å². The quantitative estimate of drug-likeness (QED) is 0.472. The maximum Gasteiger partial charge on any atom is 0.257 e. The molecule has 0 spiro atoms. The van der Waals surface area contributed by atoms with Crippen LogP contribution in [-0.2, 0) is 12.0 Å². The van der Waals surface area contributed by atoms with Crippen LogP contribution in [-0.4, -0.2) is 20.4 Å². The molecule has 1 aromatic carbocycles. The van der Waals surface area contributed by atoms with E-state index in [1.54, 1.807) is 23.0 Å². The largest absolute Gasteiger partial charge is 0.311 e. The third-order valence-electron chi connectivity index (χ3n) is 5.07. The molecule has 162 valence electrons. The van der Waals surface area contributed by atoms with Gasteiger partial charge in [0, 0.05) is 29.4 Å². The zero-order valence-electron chi connectivity index (χ0n) is 18.2. The van der Waals surface area contributed by atoms with Gasteiger partial charge in [-0.1, -0.05) is 51.1 Å². The standard InChI is InChI=1S/C25H24N4O2S/c1-25(2,3)19-9-11-26-20(14-19)21-16-32-24(27-21)28-23(31)18-10-12-29(22(30)13-18)15-17-7-5-4-6-8-17/h4-14,16H,15H2,1-3H3,(H,27,28,31). The molecule has 0 saturated carbocycles. The first-order valence-corrected chi connectivity index (χ1v) is 11.2. The Bertz CT molecular complexity index is 1300. The van der Waals surface area contributed by atoms with Gasteiger partial charge < -0.3 is 4.57 Å². The first kappa shape index (κ1) is 21.6. The summed E-state index contributed by atoms with van der Waals surface area (Å²) >= 11 is 1.32. The van der Waals surface area contributed by atoms with Gasteiger partial charge in [0.25, 0.3) is 11.5 Å². The van der Waals surface area contributed by atoms with Crippen LogP contribution in [0, 0.1) is 0 Å². The fourth-order valence-corrected chi connectivity index (χ4v) is 3.91. The normalized spacial score (nSPS) is 11.3. The number of rotatable bonds is 5. The molecule has 4 rings (SSSR count). The van der Waals surface area contributed by atoms with Crippen LogP contribution in [0.4, 0.5) is 5.13 Å².